The van der Waals surface area contributed by atoms with Gasteiger partial charge in [0.25, 0.3) is 11.2 Å². The number of carboxylic acids is 1. The zero-order valence-corrected chi connectivity index (χ0v) is 14.1. The van der Waals surface area contributed by atoms with Crippen molar-refractivity contribution in [3.63, 3.8) is 0 Å². The zero-order chi connectivity index (χ0) is 18.7. The average molecular weight is 367 g/mol. The second-order valence-electron chi connectivity index (χ2n) is 5.49. The van der Waals surface area contributed by atoms with E-state index < -0.39 is 23.0 Å². The van der Waals surface area contributed by atoms with E-state index in [4.69, 9.17) is 16.7 Å². The number of carbonyl (C=O) groups is 1. The van der Waals surface area contributed by atoms with Gasteiger partial charge in [0.1, 0.15) is 6.54 Å². The second-order valence-corrected chi connectivity index (χ2v) is 5.85. The van der Waals surface area contributed by atoms with Crippen molar-refractivity contribution in [2.45, 2.75) is 26.4 Å². The lowest BCUT2D eigenvalue weighted by Gasteiger charge is -2.16. The van der Waals surface area contributed by atoms with Crippen molar-refractivity contribution >= 4 is 29.1 Å². The van der Waals surface area contributed by atoms with Gasteiger partial charge in [-0.3, -0.25) is 24.3 Å². The molecule has 0 aliphatic heterocycles. The van der Waals surface area contributed by atoms with E-state index in [0.717, 1.165) is 4.57 Å². The summed E-state index contributed by atoms with van der Waals surface area (Å²) in [5.41, 5.74) is -0.664. The molecule has 0 fully saturated rings. The maximum absolute atomic E-state index is 12.6. The molecule has 0 aliphatic rings. The smallest absolute Gasteiger partial charge is 0.323 e. The number of anilines is 1. The van der Waals surface area contributed by atoms with Crippen LogP contribution in [0.15, 0.2) is 29.1 Å². The number of hydrogen-bond donors (Lipinski definition) is 2. The molecule has 0 unspecified atom stereocenters. The maximum Gasteiger partial charge on any atom is 0.323 e. The van der Waals surface area contributed by atoms with Gasteiger partial charge in [-0.2, -0.15) is 0 Å². The molecule has 1 aromatic heterocycles. The molecule has 9 nitrogen and oxygen atoms in total. The molecule has 0 atom stereocenters. The molecule has 0 saturated carbocycles. The van der Waals surface area contributed by atoms with Crippen LogP contribution in [-0.4, -0.2) is 31.6 Å². The van der Waals surface area contributed by atoms with Crippen LogP contribution in [0.5, 0.6) is 0 Å². The van der Waals surface area contributed by atoms with Gasteiger partial charge in [-0.25, -0.2) is 4.98 Å². The molecule has 0 bridgehead atoms. The highest BCUT2D eigenvalue weighted by atomic mass is 35.5. The minimum atomic E-state index is -1.26. The summed E-state index contributed by atoms with van der Waals surface area (Å²) < 4.78 is 0.932. The fraction of sp³-hybridized carbons (Fsp3) is 0.267. The molecule has 1 heterocycles. The van der Waals surface area contributed by atoms with Gasteiger partial charge in [0, 0.05) is 23.7 Å². The van der Waals surface area contributed by atoms with Crippen molar-refractivity contribution < 1.29 is 14.8 Å². The molecule has 2 aromatic rings. The Bertz CT molecular complexity index is 894. The van der Waals surface area contributed by atoms with Gasteiger partial charge in [-0.1, -0.05) is 23.7 Å². The first kappa shape index (κ1) is 18.4. The molecular formula is C15H15ClN4O5. The van der Waals surface area contributed by atoms with E-state index in [1.54, 1.807) is 13.8 Å². The second kappa shape index (κ2) is 7.31. The minimum absolute atomic E-state index is 0.00655. The van der Waals surface area contributed by atoms with Crippen LogP contribution in [0.4, 0.5) is 11.5 Å². The Kier molecular flexibility index (Phi) is 5.38. The van der Waals surface area contributed by atoms with Crippen LogP contribution in [0.3, 0.4) is 0 Å². The summed E-state index contributed by atoms with van der Waals surface area (Å²) in [6.07, 6.45) is 0. The van der Waals surface area contributed by atoms with Crippen molar-refractivity contribution in [3.8, 4) is 11.3 Å². The lowest BCUT2D eigenvalue weighted by Crippen LogP contribution is -2.31. The molecule has 0 saturated heterocycles. The number of rotatable bonds is 6. The highest BCUT2D eigenvalue weighted by Gasteiger charge is 2.20. The summed E-state index contributed by atoms with van der Waals surface area (Å²) in [5, 5.41) is 22.7. The lowest BCUT2D eigenvalue weighted by atomic mass is 10.1. The first-order valence-electron chi connectivity index (χ1n) is 7.24. The standard InChI is InChI=1S/C15H15ClN4O5/c1-8(2)17-14-15(23)19(7-11(21)22)12(13(16)18-14)9-4-3-5-10(6-9)20(24)25/h3-6,8H,7H2,1-2H3,(H,17,18)(H,21,22). The van der Waals surface area contributed by atoms with Crippen LogP contribution >= 0.6 is 11.6 Å². The fourth-order valence-electron chi connectivity index (χ4n) is 2.23. The van der Waals surface area contributed by atoms with Crippen LogP contribution in [-0.2, 0) is 11.3 Å². The lowest BCUT2D eigenvalue weighted by molar-refractivity contribution is -0.384. The van der Waals surface area contributed by atoms with Crippen molar-refractivity contribution in [1.82, 2.24) is 9.55 Å². The minimum Gasteiger partial charge on any atom is -0.480 e. The number of benzene rings is 1. The van der Waals surface area contributed by atoms with E-state index in [-0.39, 0.29) is 34.0 Å². The first-order chi connectivity index (χ1) is 11.7. The maximum atomic E-state index is 12.6. The molecule has 0 amide bonds. The molecule has 10 heteroatoms. The summed E-state index contributed by atoms with van der Waals surface area (Å²) in [6.45, 7) is 2.90. The van der Waals surface area contributed by atoms with Gasteiger partial charge in [0.15, 0.2) is 11.0 Å². The van der Waals surface area contributed by atoms with E-state index in [1.165, 1.54) is 24.3 Å². The molecular weight excluding hydrogens is 352 g/mol. The number of nitro groups is 1. The van der Waals surface area contributed by atoms with Crippen molar-refractivity contribution in [2.24, 2.45) is 0 Å². The number of nitro benzene ring substituents is 1. The topological polar surface area (TPSA) is 127 Å². The van der Waals surface area contributed by atoms with Gasteiger partial charge in [0.05, 0.1) is 10.6 Å². The Morgan fingerprint density at radius 1 is 1.48 bits per heavy atom. The molecule has 0 spiro atoms. The number of nitrogens with zero attached hydrogens (tertiary/aromatic N) is 3. The molecule has 2 rings (SSSR count). The number of nitrogens with one attached hydrogen (secondary N) is 1. The summed E-state index contributed by atoms with van der Waals surface area (Å²) in [5.74, 6) is -1.35. The predicted molar refractivity (Wildman–Crippen MR) is 92.0 cm³/mol. The van der Waals surface area contributed by atoms with Gasteiger partial charge >= 0.3 is 5.97 Å². The summed E-state index contributed by atoms with van der Waals surface area (Å²) in [7, 11) is 0. The summed E-state index contributed by atoms with van der Waals surface area (Å²) >= 11 is 6.17. The van der Waals surface area contributed by atoms with E-state index in [1.807, 2.05) is 0 Å². The number of hydrogen-bond acceptors (Lipinski definition) is 6. The molecule has 1 aromatic carbocycles. The fourth-order valence-corrected chi connectivity index (χ4v) is 2.53. The third-order valence-electron chi connectivity index (χ3n) is 3.17. The highest BCUT2D eigenvalue weighted by molar-refractivity contribution is 6.32. The summed E-state index contributed by atoms with van der Waals surface area (Å²) in [4.78, 5) is 38.1. The quantitative estimate of drug-likeness (QED) is 0.593. The van der Waals surface area contributed by atoms with E-state index in [0.29, 0.717) is 0 Å². The van der Waals surface area contributed by atoms with Crippen LogP contribution in [0.1, 0.15) is 13.8 Å². The molecule has 0 radical (unpaired) electrons. The van der Waals surface area contributed by atoms with Crippen LogP contribution < -0.4 is 10.9 Å². The normalized spacial score (nSPS) is 10.7. The molecule has 2 N–H and O–H groups in total. The third kappa shape index (κ3) is 4.13. The van der Waals surface area contributed by atoms with E-state index in [2.05, 4.69) is 10.3 Å². The third-order valence-corrected chi connectivity index (χ3v) is 3.44. The largest absolute Gasteiger partial charge is 0.480 e. The van der Waals surface area contributed by atoms with Gasteiger partial charge in [-0.05, 0) is 13.8 Å². The predicted octanol–water partition coefficient (Wildman–Crippen LogP) is 2.38. The van der Waals surface area contributed by atoms with E-state index in [9.17, 15) is 19.7 Å². The molecule has 0 aliphatic carbocycles. The average Bonchev–Trinajstić information content (AvgIpc) is 2.51. The number of carboxylic acid groups (broad SMARTS) is 1. The number of aliphatic carboxylic acids is 1. The number of aromatic nitrogens is 2. The number of halogens is 1. The highest BCUT2D eigenvalue weighted by Crippen LogP contribution is 2.29. The Morgan fingerprint density at radius 3 is 2.72 bits per heavy atom. The van der Waals surface area contributed by atoms with Gasteiger partial charge in [-0.15, -0.1) is 0 Å². The zero-order valence-electron chi connectivity index (χ0n) is 13.4. The molecule has 132 valence electrons. The first-order valence-corrected chi connectivity index (χ1v) is 7.62. The van der Waals surface area contributed by atoms with Gasteiger partial charge in [0.2, 0.25) is 0 Å². The van der Waals surface area contributed by atoms with E-state index >= 15 is 0 Å². The SMILES string of the molecule is CC(C)Nc1nc(Cl)c(-c2cccc([N+](=O)[O-])c2)n(CC(=O)O)c1=O. The van der Waals surface area contributed by atoms with Gasteiger partial charge < -0.3 is 10.4 Å². The van der Waals surface area contributed by atoms with Crippen LogP contribution in [0.25, 0.3) is 11.3 Å². The monoisotopic (exact) mass is 366 g/mol. The Labute approximate surface area is 147 Å². The molecule has 25 heavy (non-hydrogen) atoms. The Balaban J connectivity index is 2.74. The number of non-ortho nitro benzene ring substituents is 1. The van der Waals surface area contributed by atoms with Crippen LogP contribution in [0.2, 0.25) is 5.15 Å². The Morgan fingerprint density at radius 2 is 2.16 bits per heavy atom. The van der Waals surface area contributed by atoms with Crippen molar-refractivity contribution in [2.75, 3.05) is 5.32 Å². The van der Waals surface area contributed by atoms with Crippen LogP contribution in [0, 0.1) is 10.1 Å². The summed E-state index contributed by atoms with van der Waals surface area (Å²) in [6, 6.07) is 5.26. The Hall–Kier alpha value is -2.94. The van der Waals surface area contributed by atoms with Crippen molar-refractivity contribution in [3.05, 3.63) is 49.9 Å². The van der Waals surface area contributed by atoms with Crippen molar-refractivity contribution in [1.29, 1.82) is 0 Å².